The second-order valence-electron chi connectivity index (χ2n) is 8.29. The van der Waals surface area contributed by atoms with Crippen LogP contribution in [0, 0.1) is 0 Å². The molecule has 2 nitrogen and oxygen atoms in total. The van der Waals surface area contributed by atoms with E-state index in [0.29, 0.717) is 0 Å². The van der Waals surface area contributed by atoms with Gasteiger partial charge in [-0.05, 0) is 25.1 Å². The fourth-order valence-corrected chi connectivity index (χ4v) is 7.47. The Kier molecular flexibility index (Phi) is 14.0. The zero-order chi connectivity index (χ0) is 19.8. The van der Waals surface area contributed by atoms with Gasteiger partial charge in [-0.15, -0.1) is 0 Å². The molecule has 0 atom stereocenters. The molecule has 1 N–H and O–H groups in total. The van der Waals surface area contributed by atoms with Gasteiger partial charge in [0.2, 0.25) is 0 Å². The Morgan fingerprint density at radius 1 is 0.704 bits per heavy atom. The Hall–Kier alpha value is -0.543. The standard InChI is InChI=1S/C24H47NOSi/c1-5-9-10-11-12-13-14-15-16-17-21-25-22-20-23-18-19-24(26-23)27(6-2,7-3)8-4/h18-19,25H,5-17,20-22H2,1-4H3. The Bertz CT molecular complexity index is 445. The SMILES string of the molecule is CCCCCCCCCCCCNCCc1ccc([Si](CC)(CC)CC)o1. The summed E-state index contributed by atoms with van der Waals surface area (Å²) in [5.74, 6) is 1.17. The maximum absolute atomic E-state index is 6.25. The highest BCUT2D eigenvalue weighted by Gasteiger charge is 2.32. The summed E-state index contributed by atoms with van der Waals surface area (Å²) in [7, 11) is -1.35. The number of rotatable bonds is 18. The largest absolute Gasteiger partial charge is 0.471 e. The van der Waals surface area contributed by atoms with Gasteiger partial charge in [-0.3, -0.25) is 0 Å². The molecule has 0 radical (unpaired) electrons. The van der Waals surface area contributed by atoms with Crippen LogP contribution >= 0.6 is 0 Å². The van der Waals surface area contributed by atoms with Gasteiger partial charge in [0.25, 0.3) is 0 Å². The van der Waals surface area contributed by atoms with Crippen LogP contribution in [0.3, 0.4) is 0 Å². The highest BCUT2D eigenvalue weighted by molar-refractivity contribution is 6.90. The third-order valence-corrected chi connectivity index (χ3v) is 11.8. The van der Waals surface area contributed by atoms with Crippen LogP contribution in [0.1, 0.15) is 97.7 Å². The fourth-order valence-electron chi connectivity index (χ4n) is 4.14. The van der Waals surface area contributed by atoms with Crippen molar-refractivity contribution in [1.29, 1.82) is 0 Å². The number of nitrogens with one attached hydrogen (secondary N) is 1. The molecule has 0 aliphatic heterocycles. The average molecular weight is 394 g/mol. The summed E-state index contributed by atoms with van der Waals surface area (Å²) in [5, 5.41) is 4.93. The molecule has 0 saturated heterocycles. The number of hydrogen-bond donors (Lipinski definition) is 1. The van der Waals surface area contributed by atoms with Crippen LogP contribution in [-0.2, 0) is 6.42 Å². The van der Waals surface area contributed by atoms with E-state index < -0.39 is 8.07 Å². The van der Waals surface area contributed by atoms with Crippen LogP contribution < -0.4 is 10.7 Å². The van der Waals surface area contributed by atoms with Gasteiger partial charge >= 0.3 is 0 Å². The smallest absolute Gasteiger partial charge is 0.131 e. The second kappa shape index (κ2) is 15.4. The van der Waals surface area contributed by atoms with Crippen molar-refractivity contribution in [2.24, 2.45) is 0 Å². The van der Waals surface area contributed by atoms with Crippen molar-refractivity contribution < 1.29 is 4.42 Å². The Morgan fingerprint density at radius 2 is 1.26 bits per heavy atom. The van der Waals surface area contributed by atoms with Crippen molar-refractivity contribution in [3.63, 3.8) is 0 Å². The highest BCUT2D eigenvalue weighted by atomic mass is 28.3. The first kappa shape index (κ1) is 24.5. The van der Waals surface area contributed by atoms with E-state index >= 15 is 0 Å². The predicted molar refractivity (Wildman–Crippen MR) is 124 cm³/mol. The quantitative estimate of drug-likeness (QED) is 0.213. The van der Waals surface area contributed by atoms with Gasteiger partial charge in [-0.25, -0.2) is 0 Å². The van der Waals surface area contributed by atoms with Gasteiger partial charge in [-0.1, -0.05) is 104 Å². The summed E-state index contributed by atoms with van der Waals surface area (Å²) in [6, 6.07) is 8.39. The van der Waals surface area contributed by atoms with Crippen LogP contribution in [0.5, 0.6) is 0 Å². The van der Waals surface area contributed by atoms with Gasteiger partial charge in [0.1, 0.15) is 13.8 Å². The van der Waals surface area contributed by atoms with E-state index in [0.717, 1.165) is 19.5 Å². The maximum atomic E-state index is 6.25. The van der Waals surface area contributed by atoms with E-state index in [2.05, 4.69) is 45.1 Å². The van der Waals surface area contributed by atoms with E-state index in [1.807, 2.05) is 0 Å². The maximum Gasteiger partial charge on any atom is 0.131 e. The Balaban J connectivity index is 2.03. The van der Waals surface area contributed by atoms with Gasteiger partial charge in [-0.2, -0.15) is 0 Å². The topological polar surface area (TPSA) is 25.2 Å². The molecule has 0 bridgehead atoms. The number of unbranched alkanes of at least 4 members (excludes halogenated alkanes) is 9. The molecule has 0 unspecified atom stereocenters. The minimum atomic E-state index is -1.35. The molecule has 0 spiro atoms. The molecule has 1 aromatic heterocycles. The predicted octanol–water partition coefficient (Wildman–Crippen LogP) is 7.05. The zero-order valence-electron chi connectivity index (χ0n) is 18.9. The van der Waals surface area contributed by atoms with E-state index in [4.69, 9.17) is 4.42 Å². The minimum Gasteiger partial charge on any atom is -0.471 e. The molecule has 0 aliphatic carbocycles. The molecule has 0 aromatic carbocycles. The highest BCUT2D eigenvalue weighted by Crippen LogP contribution is 2.21. The monoisotopic (exact) mass is 393 g/mol. The normalized spacial score (nSPS) is 12.0. The van der Waals surface area contributed by atoms with Crippen LogP contribution in [-0.4, -0.2) is 21.2 Å². The third kappa shape index (κ3) is 9.47. The van der Waals surface area contributed by atoms with Crippen LogP contribution in [0.25, 0.3) is 0 Å². The first-order chi connectivity index (χ1) is 13.2. The summed E-state index contributed by atoms with van der Waals surface area (Å²) in [5.41, 5.74) is 0. The molecule has 1 rings (SSSR count). The fraction of sp³-hybridized carbons (Fsp3) is 0.833. The molecular weight excluding hydrogens is 346 g/mol. The summed E-state index contributed by atoms with van der Waals surface area (Å²) in [6.07, 6.45) is 15.1. The van der Waals surface area contributed by atoms with Gasteiger partial charge < -0.3 is 9.73 Å². The Morgan fingerprint density at radius 3 is 1.81 bits per heavy atom. The lowest BCUT2D eigenvalue weighted by molar-refractivity contribution is 0.510. The van der Waals surface area contributed by atoms with E-state index in [1.54, 1.807) is 0 Å². The van der Waals surface area contributed by atoms with Crippen molar-refractivity contribution in [2.45, 2.75) is 116 Å². The number of furan rings is 1. The van der Waals surface area contributed by atoms with E-state index in [-0.39, 0.29) is 0 Å². The van der Waals surface area contributed by atoms with E-state index in [1.165, 1.54) is 93.5 Å². The lowest BCUT2D eigenvalue weighted by atomic mass is 10.1. The summed E-state index contributed by atoms with van der Waals surface area (Å²) < 4.78 is 6.25. The van der Waals surface area contributed by atoms with Crippen LogP contribution in [0.2, 0.25) is 18.1 Å². The van der Waals surface area contributed by atoms with Gasteiger partial charge in [0, 0.05) is 13.0 Å². The lowest BCUT2D eigenvalue weighted by Crippen LogP contribution is -2.44. The van der Waals surface area contributed by atoms with Crippen molar-refractivity contribution in [2.75, 3.05) is 13.1 Å². The molecule has 0 amide bonds. The summed E-state index contributed by atoms with van der Waals surface area (Å²) in [4.78, 5) is 0. The third-order valence-electron chi connectivity index (χ3n) is 6.47. The van der Waals surface area contributed by atoms with E-state index in [9.17, 15) is 0 Å². The lowest BCUT2D eigenvalue weighted by Gasteiger charge is -2.24. The molecule has 0 saturated carbocycles. The summed E-state index contributed by atoms with van der Waals surface area (Å²) in [6.45, 7) is 11.5. The first-order valence-corrected chi connectivity index (χ1v) is 14.6. The summed E-state index contributed by atoms with van der Waals surface area (Å²) >= 11 is 0. The zero-order valence-corrected chi connectivity index (χ0v) is 19.9. The molecular formula is C24H47NOSi. The molecule has 27 heavy (non-hydrogen) atoms. The molecule has 1 heterocycles. The molecule has 0 aliphatic rings. The molecule has 1 aromatic rings. The minimum absolute atomic E-state index is 1.03. The van der Waals surface area contributed by atoms with Crippen LogP contribution in [0.15, 0.2) is 16.5 Å². The van der Waals surface area contributed by atoms with Crippen molar-refractivity contribution in [1.82, 2.24) is 5.32 Å². The van der Waals surface area contributed by atoms with Crippen molar-refractivity contribution >= 4 is 13.5 Å². The number of hydrogen-bond acceptors (Lipinski definition) is 2. The molecule has 3 heteroatoms. The van der Waals surface area contributed by atoms with Crippen LogP contribution in [0.4, 0.5) is 0 Å². The molecule has 158 valence electrons. The second-order valence-corrected chi connectivity index (χ2v) is 13.5. The van der Waals surface area contributed by atoms with Gasteiger partial charge in [0.15, 0.2) is 0 Å². The van der Waals surface area contributed by atoms with Gasteiger partial charge in [0.05, 0.1) is 5.38 Å². The average Bonchev–Trinajstić information content (AvgIpc) is 3.17. The first-order valence-electron chi connectivity index (χ1n) is 12.0. The van der Waals surface area contributed by atoms with Crippen molar-refractivity contribution in [3.8, 4) is 0 Å². The Labute approximate surface area is 170 Å². The van der Waals surface area contributed by atoms with Crippen molar-refractivity contribution in [3.05, 3.63) is 17.9 Å². The molecule has 0 fully saturated rings.